The average Bonchev–Trinajstić information content (AvgIpc) is 2.42. The molecule has 24 heavy (non-hydrogen) atoms. The van der Waals surface area contributed by atoms with Crippen molar-refractivity contribution in [2.75, 3.05) is 12.9 Å². The normalized spacial score (nSPS) is 14.4. The molecule has 1 unspecified atom stereocenters. The minimum absolute atomic E-state index is 0.125. The van der Waals surface area contributed by atoms with Gasteiger partial charge in [0.05, 0.1) is 17.8 Å². The molecule has 8 heteroatoms. The van der Waals surface area contributed by atoms with Crippen molar-refractivity contribution in [3.05, 3.63) is 42.0 Å². The molecule has 0 heterocycles. The Bertz CT molecular complexity index is 750. The Balaban J connectivity index is 2.84. The van der Waals surface area contributed by atoms with E-state index in [1.807, 2.05) is 20.8 Å². The van der Waals surface area contributed by atoms with Crippen molar-refractivity contribution < 1.29 is 21.0 Å². The molecule has 0 spiro atoms. The van der Waals surface area contributed by atoms with Crippen LogP contribution in [0.3, 0.4) is 0 Å². The molecule has 0 saturated heterocycles. The van der Waals surface area contributed by atoms with Crippen LogP contribution in [-0.2, 0) is 24.3 Å². The van der Waals surface area contributed by atoms with E-state index in [0.29, 0.717) is 6.42 Å². The molecule has 0 saturated carbocycles. The molecule has 0 fully saturated rings. The number of aryl methyl sites for hydroxylation is 1. The van der Waals surface area contributed by atoms with Crippen molar-refractivity contribution in [1.29, 1.82) is 0 Å². The molecule has 1 aromatic rings. The van der Waals surface area contributed by atoms with Crippen molar-refractivity contribution >= 4 is 20.1 Å². The van der Waals surface area contributed by atoms with E-state index in [-0.39, 0.29) is 17.4 Å². The number of hydrogen-bond acceptors (Lipinski definition) is 5. The van der Waals surface area contributed by atoms with E-state index >= 15 is 0 Å². The lowest BCUT2D eigenvalue weighted by Gasteiger charge is -2.17. The number of nitrogens with one attached hydrogen (secondary N) is 1. The second-order valence-corrected chi connectivity index (χ2v) is 9.45. The van der Waals surface area contributed by atoms with Crippen molar-refractivity contribution in [3.8, 4) is 0 Å². The molecule has 0 radical (unpaired) electrons. The van der Waals surface area contributed by atoms with Gasteiger partial charge in [-0.1, -0.05) is 43.7 Å². The Morgan fingerprint density at radius 1 is 1.12 bits per heavy atom. The summed E-state index contributed by atoms with van der Waals surface area (Å²) in [4.78, 5) is 0.197. The predicted octanol–water partition coefficient (Wildman–Crippen LogP) is 2.22. The van der Waals surface area contributed by atoms with Gasteiger partial charge in [0.15, 0.2) is 0 Å². The molecule has 1 aromatic carbocycles. The first-order valence-corrected chi connectivity index (χ1v) is 10.9. The van der Waals surface area contributed by atoms with Crippen LogP contribution in [0.2, 0.25) is 0 Å². The lowest BCUT2D eigenvalue weighted by Crippen LogP contribution is -2.34. The van der Waals surface area contributed by atoms with Crippen LogP contribution in [0.25, 0.3) is 0 Å². The molecule has 0 aromatic heterocycles. The zero-order valence-corrected chi connectivity index (χ0v) is 16.0. The molecule has 1 N–H and O–H groups in total. The Kier molecular flexibility index (Phi) is 7.59. The lowest BCUT2D eigenvalue weighted by atomic mass is 10.0. The topological polar surface area (TPSA) is 89.5 Å². The van der Waals surface area contributed by atoms with Crippen LogP contribution in [0.5, 0.6) is 0 Å². The summed E-state index contributed by atoms with van der Waals surface area (Å²) in [5, 5.41) is 0. The second kappa shape index (κ2) is 8.75. The third-order valence-electron chi connectivity index (χ3n) is 3.11. The van der Waals surface area contributed by atoms with E-state index in [2.05, 4.69) is 8.91 Å². The minimum atomic E-state index is -3.65. The van der Waals surface area contributed by atoms with Crippen molar-refractivity contribution in [2.45, 2.75) is 38.1 Å². The third-order valence-corrected chi connectivity index (χ3v) is 5.18. The van der Waals surface area contributed by atoms with Gasteiger partial charge in [-0.3, -0.25) is 4.18 Å². The molecule has 0 amide bonds. The van der Waals surface area contributed by atoms with Gasteiger partial charge in [-0.15, -0.1) is 0 Å². The highest BCUT2D eigenvalue weighted by atomic mass is 32.2. The van der Waals surface area contributed by atoms with Gasteiger partial charge in [-0.2, -0.15) is 8.42 Å². The van der Waals surface area contributed by atoms with Gasteiger partial charge in [0.1, 0.15) is 0 Å². The highest BCUT2D eigenvalue weighted by molar-refractivity contribution is 7.89. The molecule has 1 rings (SSSR count). The van der Waals surface area contributed by atoms with E-state index < -0.39 is 26.2 Å². The SMILES string of the molecule is Cc1ccc(S(=O)(=O)NC(/C=C\COS(C)(=O)=O)CC(C)C)cc1. The summed E-state index contributed by atoms with van der Waals surface area (Å²) in [5.74, 6) is 0.260. The maximum atomic E-state index is 12.5. The van der Waals surface area contributed by atoms with Gasteiger partial charge in [0.2, 0.25) is 10.0 Å². The summed E-state index contributed by atoms with van der Waals surface area (Å²) in [6, 6.07) is 6.14. The maximum Gasteiger partial charge on any atom is 0.264 e. The van der Waals surface area contributed by atoms with Crippen LogP contribution in [0.1, 0.15) is 25.8 Å². The maximum absolute atomic E-state index is 12.5. The van der Waals surface area contributed by atoms with Crippen LogP contribution < -0.4 is 4.72 Å². The quantitative estimate of drug-likeness (QED) is 0.528. The minimum Gasteiger partial charge on any atom is -0.266 e. The summed E-state index contributed by atoms with van der Waals surface area (Å²) in [7, 11) is -7.16. The van der Waals surface area contributed by atoms with Gasteiger partial charge in [0, 0.05) is 6.04 Å². The van der Waals surface area contributed by atoms with Gasteiger partial charge < -0.3 is 0 Å². The van der Waals surface area contributed by atoms with Crippen molar-refractivity contribution in [3.63, 3.8) is 0 Å². The van der Waals surface area contributed by atoms with Crippen molar-refractivity contribution in [2.24, 2.45) is 5.92 Å². The van der Waals surface area contributed by atoms with Gasteiger partial charge >= 0.3 is 0 Å². The Morgan fingerprint density at radius 2 is 1.71 bits per heavy atom. The predicted molar refractivity (Wildman–Crippen MR) is 94.7 cm³/mol. The standard InChI is InChI=1S/C16H25NO5S2/c1-13(2)12-15(6-5-11-22-23(4,18)19)17-24(20,21)16-9-7-14(3)8-10-16/h5-10,13,15,17H,11-12H2,1-4H3/b6-5-. The number of sulfonamides is 1. The lowest BCUT2D eigenvalue weighted by molar-refractivity contribution is 0.360. The summed E-state index contributed by atoms with van der Waals surface area (Å²) < 4.78 is 54.0. The van der Waals surface area contributed by atoms with E-state index in [0.717, 1.165) is 11.8 Å². The Labute approximate surface area is 145 Å². The molecule has 6 nitrogen and oxygen atoms in total. The zero-order chi connectivity index (χ0) is 18.4. The molecule has 136 valence electrons. The van der Waals surface area contributed by atoms with Crippen LogP contribution in [0.4, 0.5) is 0 Å². The number of rotatable bonds is 9. The highest BCUT2D eigenvalue weighted by Gasteiger charge is 2.19. The molecule has 0 bridgehead atoms. The first-order chi connectivity index (χ1) is 11.0. The van der Waals surface area contributed by atoms with Gasteiger partial charge in [-0.25, -0.2) is 13.1 Å². The summed E-state index contributed by atoms with van der Waals surface area (Å²) in [6.45, 7) is 5.72. The van der Waals surface area contributed by atoms with E-state index in [1.165, 1.54) is 6.08 Å². The van der Waals surface area contributed by atoms with Crippen LogP contribution in [-0.4, -0.2) is 35.7 Å². The molecule has 0 aliphatic heterocycles. The molecule has 0 aliphatic rings. The summed E-state index contributed by atoms with van der Waals surface area (Å²) >= 11 is 0. The molecular formula is C16H25NO5S2. The van der Waals surface area contributed by atoms with Gasteiger partial charge in [-0.05, 0) is 31.4 Å². The summed E-state index contributed by atoms with van der Waals surface area (Å²) in [6.07, 6.45) is 4.68. The molecule has 1 atom stereocenters. The Morgan fingerprint density at radius 3 is 2.21 bits per heavy atom. The van der Waals surface area contributed by atoms with Gasteiger partial charge in [0.25, 0.3) is 10.1 Å². The first-order valence-electron chi connectivity index (χ1n) is 7.59. The molecule has 0 aliphatic carbocycles. The third kappa shape index (κ3) is 8.05. The highest BCUT2D eigenvalue weighted by Crippen LogP contribution is 2.14. The van der Waals surface area contributed by atoms with E-state index in [4.69, 9.17) is 0 Å². The summed E-state index contributed by atoms with van der Waals surface area (Å²) in [5.41, 5.74) is 0.977. The number of benzene rings is 1. The van der Waals surface area contributed by atoms with Crippen LogP contribution in [0, 0.1) is 12.8 Å². The fourth-order valence-corrected chi connectivity index (χ4v) is 3.57. The molecular weight excluding hydrogens is 350 g/mol. The fourth-order valence-electron chi connectivity index (χ4n) is 2.04. The average molecular weight is 376 g/mol. The van der Waals surface area contributed by atoms with E-state index in [1.54, 1.807) is 30.3 Å². The monoisotopic (exact) mass is 375 g/mol. The number of hydrogen-bond donors (Lipinski definition) is 1. The fraction of sp³-hybridized carbons (Fsp3) is 0.500. The first kappa shape index (κ1) is 20.8. The van der Waals surface area contributed by atoms with E-state index in [9.17, 15) is 16.8 Å². The Hall–Kier alpha value is -1.22. The van der Waals surface area contributed by atoms with Crippen LogP contribution >= 0.6 is 0 Å². The second-order valence-electron chi connectivity index (χ2n) is 6.09. The largest absolute Gasteiger partial charge is 0.266 e. The van der Waals surface area contributed by atoms with Crippen LogP contribution in [0.15, 0.2) is 41.3 Å². The zero-order valence-electron chi connectivity index (χ0n) is 14.4. The smallest absolute Gasteiger partial charge is 0.264 e. The van der Waals surface area contributed by atoms with Crippen molar-refractivity contribution in [1.82, 2.24) is 4.72 Å².